The lowest BCUT2D eigenvalue weighted by Crippen LogP contribution is -1.97. The third-order valence-corrected chi connectivity index (χ3v) is 5.19. The Labute approximate surface area is 183 Å². The summed E-state index contributed by atoms with van der Waals surface area (Å²) in [4.78, 5) is 10.8. The maximum Gasteiger partial charge on any atom is 0.328 e. The quantitative estimate of drug-likeness (QED) is 0.274. The van der Waals surface area contributed by atoms with Gasteiger partial charge in [-0.25, -0.2) is 9.18 Å². The van der Waals surface area contributed by atoms with Crippen molar-refractivity contribution in [3.8, 4) is 0 Å². The van der Waals surface area contributed by atoms with Crippen LogP contribution in [0.2, 0.25) is 0 Å². The van der Waals surface area contributed by atoms with E-state index in [4.69, 9.17) is 5.11 Å². The predicted molar refractivity (Wildman–Crippen MR) is 122 cm³/mol. The van der Waals surface area contributed by atoms with Gasteiger partial charge in [-0.05, 0) is 63.7 Å². The molecule has 0 aliphatic heterocycles. The van der Waals surface area contributed by atoms with Crippen LogP contribution in [0.4, 0.5) is 8.78 Å². The van der Waals surface area contributed by atoms with Crippen LogP contribution in [0, 0.1) is 5.82 Å². The van der Waals surface area contributed by atoms with Gasteiger partial charge in [-0.1, -0.05) is 42.5 Å². The number of aromatic nitrogens is 2. The van der Waals surface area contributed by atoms with Crippen molar-refractivity contribution < 1.29 is 18.7 Å². The van der Waals surface area contributed by atoms with Gasteiger partial charge in [0.15, 0.2) is 0 Å². The molecule has 0 aliphatic rings. The molecule has 0 fully saturated rings. The van der Waals surface area contributed by atoms with Crippen molar-refractivity contribution in [1.29, 1.82) is 0 Å². The van der Waals surface area contributed by atoms with E-state index in [0.29, 0.717) is 0 Å². The van der Waals surface area contributed by atoms with Crippen molar-refractivity contribution in [2.75, 3.05) is 6.67 Å². The van der Waals surface area contributed by atoms with Crippen LogP contribution in [0.15, 0.2) is 79.0 Å². The molecule has 1 heterocycles. The number of aromatic amines is 1. The van der Waals surface area contributed by atoms with Crippen LogP contribution in [0.5, 0.6) is 0 Å². The Morgan fingerprint density at radius 3 is 2.34 bits per heavy atom. The first-order valence-corrected chi connectivity index (χ1v) is 10.0. The van der Waals surface area contributed by atoms with E-state index in [-0.39, 0.29) is 12.2 Å². The lowest BCUT2D eigenvalue weighted by molar-refractivity contribution is -0.131. The predicted octanol–water partition coefficient (Wildman–Crippen LogP) is 6.12. The number of rotatable bonds is 7. The second-order valence-electron chi connectivity index (χ2n) is 7.27. The second-order valence-corrected chi connectivity index (χ2v) is 7.27. The molecular formula is C26H20F2N2O2. The van der Waals surface area contributed by atoms with Crippen molar-refractivity contribution in [1.82, 2.24) is 10.2 Å². The molecule has 2 N–H and O–H groups in total. The molecule has 4 rings (SSSR count). The van der Waals surface area contributed by atoms with E-state index in [0.717, 1.165) is 50.4 Å². The van der Waals surface area contributed by atoms with E-state index in [1.165, 1.54) is 18.2 Å². The summed E-state index contributed by atoms with van der Waals surface area (Å²) in [6.07, 6.45) is 4.47. The van der Waals surface area contributed by atoms with Gasteiger partial charge in [-0.3, -0.25) is 9.49 Å². The molecule has 32 heavy (non-hydrogen) atoms. The molecule has 0 saturated heterocycles. The molecule has 0 unspecified atom stereocenters. The van der Waals surface area contributed by atoms with Crippen LogP contribution in [0.1, 0.15) is 28.7 Å². The summed E-state index contributed by atoms with van der Waals surface area (Å²) in [5.41, 5.74) is 5.65. The van der Waals surface area contributed by atoms with Crippen LogP contribution in [0.25, 0.3) is 28.1 Å². The zero-order valence-electron chi connectivity index (χ0n) is 17.1. The number of aliphatic carboxylic acids is 1. The highest BCUT2D eigenvalue weighted by molar-refractivity contribution is 6.00. The van der Waals surface area contributed by atoms with Crippen molar-refractivity contribution in [2.24, 2.45) is 0 Å². The Kier molecular flexibility index (Phi) is 6.22. The lowest BCUT2D eigenvalue weighted by Gasteiger charge is -2.17. The summed E-state index contributed by atoms with van der Waals surface area (Å²) in [6.45, 7) is -0.566. The van der Waals surface area contributed by atoms with E-state index >= 15 is 0 Å². The van der Waals surface area contributed by atoms with Crippen LogP contribution < -0.4 is 0 Å². The monoisotopic (exact) mass is 430 g/mol. The smallest absolute Gasteiger partial charge is 0.328 e. The fourth-order valence-electron chi connectivity index (χ4n) is 3.70. The van der Waals surface area contributed by atoms with E-state index in [1.54, 1.807) is 18.3 Å². The number of carbonyl (C=O) groups is 1. The molecule has 3 aromatic carbocycles. The normalized spacial score (nSPS) is 12.3. The van der Waals surface area contributed by atoms with Gasteiger partial charge in [0.2, 0.25) is 0 Å². The number of nitrogens with zero attached hydrogens (tertiary/aromatic N) is 1. The van der Waals surface area contributed by atoms with Crippen LogP contribution in [0.3, 0.4) is 0 Å². The van der Waals surface area contributed by atoms with Gasteiger partial charge in [0.05, 0.1) is 18.4 Å². The van der Waals surface area contributed by atoms with Crippen molar-refractivity contribution in [3.05, 3.63) is 107 Å². The number of hydrogen-bond acceptors (Lipinski definition) is 2. The SMILES string of the molecule is O=C(O)C=Cc1ccc(C(=C(CCF)c2ccc(F)cc2)c2ccc3[nH]ncc3c2)cc1. The Balaban J connectivity index is 1.91. The number of H-pyrrole nitrogens is 1. The van der Waals surface area contributed by atoms with E-state index in [1.807, 2.05) is 42.5 Å². The summed E-state index contributed by atoms with van der Waals surface area (Å²) in [7, 11) is 0. The molecule has 4 nitrogen and oxygen atoms in total. The number of hydrogen-bond donors (Lipinski definition) is 2. The standard InChI is InChI=1S/C26H20F2N2O2/c27-14-13-23(18-6-9-22(28)10-7-18)26(20-8-11-24-21(15-20)16-29-30-24)19-4-1-17(2-5-19)3-12-25(31)32/h1-12,15-16H,13-14H2,(H,29,30)(H,31,32). The molecule has 1 aromatic heterocycles. The highest BCUT2D eigenvalue weighted by atomic mass is 19.1. The lowest BCUT2D eigenvalue weighted by atomic mass is 9.87. The second kappa shape index (κ2) is 9.39. The van der Waals surface area contributed by atoms with Gasteiger partial charge in [0, 0.05) is 17.9 Å². The molecule has 0 bridgehead atoms. The molecule has 0 aliphatic carbocycles. The first-order valence-electron chi connectivity index (χ1n) is 10.0. The molecular weight excluding hydrogens is 410 g/mol. The summed E-state index contributed by atoms with van der Waals surface area (Å²) in [5.74, 6) is -1.38. The number of carboxylic acid groups (broad SMARTS) is 1. The number of benzene rings is 3. The number of alkyl halides is 1. The zero-order chi connectivity index (χ0) is 22.5. The molecule has 0 radical (unpaired) electrons. The van der Waals surface area contributed by atoms with Gasteiger partial charge in [0.25, 0.3) is 0 Å². The number of halogens is 2. The summed E-state index contributed by atoms with van der Waals surface area (Å²) in [6, 6.07) is 19.2. The maximum absolute atomic E-state index is 13.7. The average molecular weight is 430 g/mol. The summed E-state index contributed by atoms with van der Waals surface area (Å²) >= 11 is 0. The van der Waals surface area contributed by atoms with Gasteiger partial charge in [0.1, 0.15) is 5.82 Å². The minimum Gasteiger partial charge on any atom is -0.478 e. The minimum atomic E-state index is -1.02. The highest BCUT2D eigenvalue weighted by Gasteiger charge is 2.15. The van der Waals surface area contributed by atoms with Crippen LogP contribution in [-0.2, 0) is 4.79 Å². The van der Waals surface area contributed by atoms with Gasteiger partial charge < -0.3 is 5.11 Å². The minimum absolute atomic E-state index is 0.158. The third-order valence-electron chi connectivity index (χ3n) is 5.19. The number of allylic oxidation sites excluding steroid dienone is 1. The number of fused-ring (bicyclic) bond motifs is 1. The van der Waals surface area contributed by atoms with Crippen LogP contribution in [-0.4, -0.2) is 27.9 Å². The fourth-order valence-corrected chi connectivity index (χ4v) is 3.70. The topological polar surface area (TPSA) is 66.0 Å². The van der Waals surface area contributed by atoms with Crippen molar-refractivity contribution in [2.45, 2.75) is 6.42 Å². The van der Waals surface area contributed by atoms with E-state index in [9.17, 15) is 13.6 Å². The first-order chi connectivity index (χ1) is 15.5. The third kappa shape index (κ3) is 4.64. The fraction of sp³-hybridized carbons (Fsp3) is 0.0769. The number of nitrogens with one attached hydrogen (secondary N) is 1. The molecule has 6 heteroatoms. The van der Waals surface area contributed by atoms with Crippen molar-refractivity contribution in [3.63, 3.8) is 0 Å². The number of carboxylic acids is 1. The first kappa shape index (κ1) is 21.2. The molecule has 4 aromatic rings. The Morgan fingerprint density at radius 2 is 1.66 bits per heavy atom. The van der Waals surface area contributed by atoms with E-state index < -0.39 is 12.6 Å². The highest BCUT2D eigenvalue weighted by Crippen LogP contribution is 2.36. The summed E-state index contributed by atoms with van der Waals surface area (Å²) < 4.78 is 27.2. The van der Waals surface area contributed by atoms with E-state index in [2.05, 4.69) is 10.2 Å². The Bertz CT molecular complexity index is 1300. The molecule has 0 spiro atoms. The Morgan fingerprint density at radius 1 is 0.969 bits per heavy atom. The molecule has 0 amide bonds. The van der Waals surface area contributed by atoms with Gasteiger partial charge in [-0.15, -0.1) is 0 Å². The molecule has 160 valence electrons. The van der Waals surface area contributed by atoms with Gasteiger partial charge in [-0.2, -0.15) is 5.10 Å². The molecule has 0 atom stereocenters. The molecule has 0 saturated carbocycles. The maximum atomic E-state index is 13.7. The van der Waals surface area contributed by atoms with Gasteiger partial charge >= 0.3 is 5.97 Å². The Hall–Kier alpha value is -4.06. The summed E-state index contributed by atoms with van der Waals surface area (Å²) in [5, 5.41) is 16.8. The zero-order valence-corrected chi connectivity index (χ0v) is 17.1. The van der Waals surface area contributed by atoms with Crippen LogP contribution >= 0.6 is 0 Å². The van der Waals surface area contributed by atoms with Crippen molar-refractivity contribution >= 4 is 34.1 Å². The largest absolute Gasteiger partial charge is 0.478 e. The average Bonchev–Trinajstić information content (AvgIpc) is 3.27.